The first-order valence-corrected chi connectivity index (χ1v) is 8.16. The van der Waals surface area contributed by atoms with Gasteiger partial charge in [0.25, 0.3) is 0 Å². The van der Waals surface area contributed by atoms with E-state index in [9.17, 15) is 14.2 Å². The summed E-state index contributed by atoms with van der Waals surface area (Å²) < 4.78 is 19.9. The van der Waals surface area contributed by atoms with Crippen LogP contribution < -0.4 is 5.32 Å². The second-order valence-corrected chi connectivity index (χ2v) is 6.01. The van der Waals surface area contributed by atoms with Crippen LogP contribution in [0.5, 0.6) is 0 Å². The molecule has 0 fully saturated rings. The summed E-state index contributed by atoms with van der Waals surface area (Å²) >= 11 is 0. The highest BCUT2D eigenvalue weighted by Gasteiger charge is 2.17. The first kappa shape index (κ1) is 19.2. The van der Waals surface area contributed by atoms with Gasteiger partial charge in [-0.15, -0.1) is 0 Å². The van der Waals surface area contributed by atoms with Crippen LogP contribution in [0.4, 0.5) is 0 Å². The number of Topliss-reactive ketones (excluding diaryl/α,β-unsaturated/α-hetero) is 1. The van der Waals surface area contributed by atoms with Crippen LogP contribution in [0.3, 0.4) is 0 Å². The summed E-state index contributed by atoms with van der Waals surface area (Å²) in [5, 5.41) is 2.74. The minimum atomic E-state index is -3.85. The number of carbonyl (C=O) groups excluding carboxylic acids is 2. The molecule has 0 aromatic carbocycles. The van der Waals surface area contributed by atoms with Crippen molar-refractivity contribution >= 4 is 19.5 Å². The van der Waals surface area contributed by atoms with Crippen molar-refractivity contribution in [2.45, 2.75) is 45.4 Å². The lowest BCUT2D eigenvalue weighted by molar-refractivity contribution is -0.124. The molecule has 0 aliphatic rings. The van der Waals surface area contributed by atoms with E-state index < -0.39 is 7.82 Å². The van der Waals surface area contributed by atoms with Gasteiger partial charge in [0, 0.05) is 26.5 Å². The predicted molar refractivity (Wildman–Crippen MR) is 74.2 cm³/mol. The summed E-state index contributed by atoms with van der Waals surface area (Å²) in [6, 6.07) is 0. The average Bonchev–Trinajstić information content (AvgIpc) is 2.39. The molecule has 0 aromatic heterocycles. The molecule has 0 saturated carbocycles. The fourth-order valence-electron chi connectivity index (χ4n) is 1.42. The monoisotopic (exact) mass is 309 g/mol. The van der Waals surface area contributed by atoms with E-state index in [4.69, 9.17) is 4.89 Å². The second kappa shape index (κ2) is 11.0. The smallest absolute Gasteiger partial charge is 0.356 e. The molecule has 7 nitrogen and oxygen atoms in total. The van der Waals surface area contributed by atoms with Gasteiger partial charge in [-0.3, -0.25) is 13.8 Å². The first-order chi connectivity index (χ1) is 9.37. The van der Waals surface area contributed by atoms with Gasteiger partial charge in [0.15, 0.2) is 0 Å². The maximum absolute atomic E-state index is 11.3. The summed E-state index contributed by atoms with van der Waals surface area (Å²) in [6.07, 6.45) is 3.74. The molecule has 0 saturated heterocycles. The third kappa shape index (κ3) is 12.3. The Morgan fingerprint density at radius 3 is 2.40 bits per heavy atom. The van der Waals surface area contributed by atoms with Gasteiger partial charge in [-0.25, -0.2) is 4.57 Å². The number of carbonyl (C=O) groups is 2. The van der Waals surface area contributed by atoms with E-state index in [1.54, 1.807) is 0 Å². The van der Waals surface area contributed by atoms with Gasteiger partial charge in [0.05, 0.1) is 6.61 Å². The van der Waals surface area contributed by atoms with E-state index >= 15 is 0 Å². The van der Waals surface area contributed by atoms with Gasteiger partial charge in [-0.2, -0.15) is 0 Å². The van der Waals surface area contributed by atoms with E-state index in [1.807, 2.05) is 0 Å². The standard InChI is InChI=1S/C12H24NO6P/c1-11(14)7-8-12(15)13-9-5-3-4-6-10-19-20(16,17)18-2/h3-10H2,1-2H3,(H,13,15)(H,16,17). The summed E-state index contributed by atoms with van der Waals surface area (Å²) in [5.41, 5.74) is 0. The molecule has 118 valence electrons. The number of unbranched alkanes of at least 4 members (excludes halogenated alkanes) is 3. The van der Waals surface area contributed by atoms with Crippen molar-refractivity contribution in [3.8, 4) is 0 Å². The first-order valence-electron chi connectivity index (χ1n) is 6.66. The van der Waals surface area contributed by atoms with Crippen molar-refractivity contribution < 1.29 is 28.1 Å². The number of nitrogens with one attached hydrogen (secondary N) is 1. The number of rotatable bonds is 12. The quantitative estimate of drug-likeness (QED) is 0.421. The van der Waals surface area contributed by atoms with Gasteiger partial charge in [-0.1, -0.05) is 12.8 Å². The zero-order valence-corrected chi connectivity index (χ0v) is 13.0. The zero-order chi connectivity index (χ0) is 15.4. The second-order valence-electron chi connectivity index (χ2n) is 4.45. The number of amides is 1. The molecule has 0 bridgehead atoms. The Kier molecular flexibility index (Phi) is 10.6. The summed E-state index contributed by atoms with van der Waals surface area (Å²) in [5.74, 6) is -0.0952. The fourth-order valence-corrected chi connectivity index (χ4v) is 1.88. The Morgan fingerprint density at radius 2 is 1.80 bits per heavy atom. The molecule has 0 spiro atoms. The minimum absolute atomic E-state index is 0.0115. The van der Waals surface area contributed by atoms with Crippen LogP contribution in [0.1, 0.15) is 45.4 Å². The molecular formula is C12H24NO6P. The number of hydrogen-bond donors (Lipinski definition) is 2. The summed E-state index contributed by atoms with van der Waals surface area (Å²) in [6.45, 7) is 2.21. The Bertz CT molecular complexity index is 347. The lowest BCUT2D eigenvalue weighted by atomic mass is 10.2. The molecule has 0 heterocycles. The molecular weight excluding hydrogens is 285 g/mol. The number of ketones is 1. The van der Waals surface area contributed by atoms with Crippen molar-refractivity contribution in [1.82, 2.24) is 5.32 Å². The molecule has 8 heteroatoms. The molecule has 0 rings (SSSR count). The topological polar surface area (TPSA) is 102 Å². The van der Waals surface area contributed by atoms with Crippen molar-refractivity contribution in [2.24, 2.45) is 0 Å². The van der Waals surface area contributed by atoms with Crippen molar-refractivity contribution in [3.05, 3.63) is 0 Å². The normalized spacial score (nSPS) is 13.8. The van der Waals surface area contributed by atoms with E-state index in [-0.39, 0.29) is 31.1 Å². The van der Waals surface area contributed by atoms with Crippen LogP contribution in [0.15, 0.2) is 0 Å². The average molecular weight is 309 g/mol. The van der Waals surface area contributed by atoms with Crippen LogP contribution in [0.2, 0.25) is 0 Å². The number of phosphoric acid groups is 1. The third-order valence-electron chi connectivity index (χ3n) is 2.58. The summed E-state index contributed by atoms with van der Waals surface area (Å²) in [4.78, 5) is 30.9. The lowest BCUT2D eigenvalue weighted by Gasteiger charge is -2.08. The molecule has 2 N–H and O–H groups in total. The van der Waals surface area contributed by atoms with E-state index in [0.29, 0.717) is 13.0 Å². The maximum atomic E-state index is 11.3. The highest BCUT2D eigenvalue weighted by Crippen LogP contribution is 2.41. The highest BCUT2D eigenvalue weighted by molar-refractivity contribution is 7.47. The van der Waals surface area contributed by atoms with E-state index in [1.165, 1.54) is 6.92 Å². The molecule has 1 atom stereocenters. The molecule has 0 radical (unpaired) electrons. The van der Waals surface area contributed by atoms with Crippen LogP contribution >= 0.6 is 7.82 Å². The van der Waals surface area contributed by atoms with Crippen molar-refractivity contribution in [2.75, 3.05) is 20.3 Å². The molecule has 20 heavy (non-hydrogen) atoms. The predicted octanol–water partition coefficient (Wildman–Crippen LogP) is 1.80. The van der Waals surface area contributed by atoms with Gasteiger partial charge in [0.2, 0.25) is 5.91 Å². The van der Waals surface area contributed by atoms with Crippen LogP contribution in [0.25, 0.3) is 0 Å². The van der Waals surface area contributed by atoms with Crippen molar-refractivity contribution in [3.63, 3.8) is 0 Å². The fraction of sp³-hybridized carbons (Fsp3) is 0.833. The largest absolute Gasteiger partial charge is 0.471 e. The van der Waals surface area contributed by atoms with Crippen molar-refractivity contribution in [1.29, 1.82) is 0 Å². The molecule has 0 aliphatic heterocycles. The number of phosphoric ester groups is 1. The van der Waals surface area contributed by atoms with E-state index in [2.05, 4.69) is 14.4 Å². The lowest BCUT2D eigenvalue weighted by Crippen LogP contribution is -2.24. The molecule has 0 aromatic rings. The molecule has 0 aliphatic carbocycles. The highest BCUT2D eigenvalue weighted by atomic mass is 31.2. The molecule has 1 unspecified atom stereocenters. The zero-order valence-electron chi connectivity index (χ0n) is 12.1. The SMILES string of the molecule is COP(=O)(O)OCCCCCCNC(=O)CCC(C)=O. The van der Waals surface area contributed by atoms with Crippen LogP contribution in [-0.2, 0) is 23.2 Å². The Labute approximate surface area is 119 Å². The Morgan fingerprint density at radius 1 is 1.15 bits per heavy atom. The van der Waals surface area contributed by atoms with Crippen LogP contribution in [0, 0.1) is 0 Å². The Hall–Kier alpha value is -0.750. The summed E-state index contributed by atoms with van der Waals surface area (Å²) in [7, 11) is -2.73. The maximum Gasteiger partial charge on any atom is 0.471 e. The minimum Gasteiger partial charge on any atom is -0.356 e. The van der Waals surface area contributed by atoms with Gasteiger partial charge in [-0.05, 0) is 19.8 Å². The van der Waals surface area contributed by atoms with Gasteiger partial charge >= 0.3 is 7.82 Å². The van der Waals surface area contributed by atoms with Gasteiger partial charge < -0.3 is 15.0 Å². The van der Waals surface area contributed by atoms with Gasteiger partial charge in [0.1, 0.15) is 5.78 Å². The Balaban J connectivity index is 3.35. The van der Waals surface area contributed by atoms with E-state index in [0.717, 1.165) is 26.4 Å². The van der Waals surface area contributed by atoms with Crippen LogP contribution in [-0.4, -0.2) is 36.8 Å². The number of hydrogen-bond acceptors (Lipinski definition) is 5. The third-order valence-corrected chi connectivity index (χ3v) is 3.55. The molecule has 1 amide bonds.